The summed E-state index contributed by atoms with van der Waals surface area (Å²) in [4.78, 5) is 22.5. The normalized spacial score (nSPS) is 20.6. The molecule has 4 nitrogen and oxygen atoms in total. The van der Waals surface area contributed by atoms with Gasteiger partial charge >= 0.3 is 0 Å². The van der Waals surface area contributed by atoms with Gasteiger partial charge in [-0.1, -0.05) is 39.0 Å². The fraction of sp³-hybridized carbons (Fsp3) is 0.846. The summed E-state index contributed by atoms with van der Waals surface area (Å²) in [5, 5.41) is 2.64. The van der Waals surface area contributed by atoms with Gasteiger partial charge in [0.25, 0.3) is 0 Å². The molecule has 1 fully saturated rings. The molecule has 0 saturated heterocycles. The first-order chi connectivity index (χ1) is 8.00. The molecule has 2 atom stereocenters. The molecule has 17 heavy (non-hydrogen) atoms. The van der Waals surface area contributed by atoms with Gasteiger partial charge in [0.2, 0.25) is 11.8 Å². The van der Waals surface area contributed by atoms with Crippen LogP contribution in [0, 0.1) is 11.8 Å². The Morgan fingerprint density at radius 1 is 1.24 bits per heavy atom. The summed E-state index contributed by atoms with van der Waals surface area (Å²) in [5.41, 5.74) is 5.10. The highest BCUT2D eigenvalue weighted by Crippen LogP contribution is 2.31. The quantitative estimate of drug-likeness (QED) is 0.766. The first-order valence-electron chi connectivity index (χ1n) is 6.59. The number of amides is 2. The first kappa shape index (κ1) is 14.0. The Hall–Kier alpha value is -1.06. The van der Waals surface area contributed by atoms with Crippen molar-refractivity contribution in [3.05, 3.63) is 0 Å². The van der Waals surface area contributed by atoms with Crippen LogP contribution in [-0.2, 0) is 9.59 Å². The van der Waals surface area contributed by atoms with Crippen LogP contribution in [0.15, 0.2) is 0 Å². The molecule has 0 unspecified atom stereocenters. The molecule has 3 N–H and O–H groups in total. The molecule has 0 aromatic rings. The van der Waals surface area contributed by atoms with Crippen molar-refractivity contribution in [3.8, 4) is 0 Å². The Morgan fingerprint density at radius 3 is 2.35 bits per heavy atom. The number of primary amides is 1. The van der Waals surface area contributed by atoms with Crippen LogP contribution in [0.2, 0.25) is 0 Å². The molecule has 1 aliphatic rings. The number of nitrogens with two attached hydrogens (primary N) is 1. The molecular weight excluding hydrogens is 216 g/mol. The fourth-order valence-electron chi connectivity index (χ4n) is 2.53. The molecule has 0 heterocycles. The van der Waals surface area contributed by atoms with Gasteiger partial charge in [-0.3, -0.25) is 9.59 Å². The molecular formula is C13H24N2O2. The monoisotopic (exact) mass is 240 g/mol. The predicted molar refractivity (Wildman–Crippen MR) is 67.2 cm³/mol. The lowest BCUT2D eigenvalue weighted by Crippen LogP contribution is -2.42. The number of rotatable bonds is 5. The molecule has 0 aromatic heterocycles. The first-order valence-corrected chi connectivity index (χ1v) is 6.59. The van der Waals surface area contributed by atoms with E-state index < -0.39 is 11.9 Å². The van der Waals surface area contributed by atoms with Crippen molar-refractivity contribution in [2.75, 3.05) is 0 Å². The van der Waals surface area contributed by atoms with Gasteiger partial charge in [0.05, 0.1) is 0 Å². The molecule has 98 valence electrons. The maximum absolute atomic E-state index is 11.7. The smallest absolute Gasteiger partial charge is 0.239 e. The minimum absolute atomic E-state index is 0.0608. The van der Waals surface area contributed by atoms with E-state index in [9.17, 15) is 9.59 Å². The van der Waals surface area contributed by atoms with Crippen LogP contribution >= 0.6 is 0 Å². The van der Waals surface area contributed by atoms with E-state index in [0.29, 0.717) is 18.3 Å². The van der Waals surface area contributed by atoms with Gasteiger partial charge in [0.15, 0.2) is 0 Å². The van der Waals surface area contributed by atoms with Crippen LogP contribution in [-0.4, -0.2) is 17.9 Å². The Morgan fingerprint density at radius 2 is 1.82 bits per heavy atom. The highest BCUT2D eigenvalue weighted by molar-refractivity contribution is 5.86. The lowest BCUT2D eigenvalue weighted by molar-refractivity contribution is -0.127. The molecule has 0 aliphatic heterocycles. The van der Waals surface area contributed by atoms with E-state index in [0.717, 1.165) is 0 Å². The van der Waals surface area contributed by atoms with Crippen molar-refractivity contribution in [1.82, 2.24) is 5.32 Å². The fourth-order valence-corrected chi connectivity index (χ4v) is 2.53. The third kappa shape index (κ3) is 4.75. The van der Waals surface area contributed by atoms with Gasteiger partial charge in [0.1, 0.15) is 6.04 Å². The standard InChI is InChI=1S/C13H24N2O2/c1-9(11-6-4-3-5-7-11)8-12(16)15-10(2)13(14)17/h9-11H,3-8H2,1-2H3,(H2,14,17)(H,15,16)/t9-,10-/m1/s1. The van der Waals surface area contributed by atoms with E-state index in [1.165, 1.54) is 32.1 Å². The average Bonchev–Trinajstić information content (AvgIpc) is 2.29. The van der Waals surface area contributed by atoms with Gasteiger partial charge in [0, 0.05) is 6.42 Å². The summed E-state index contributed by atoms with van der Waals surface area (Å²) in [6.07, 6.45) is 6.87. The SMILES string of the molecule is C[C@H](CC(=O)N[C@H](C)C(N)=O)C1CCCCC1. The minimum Gasteiger partial charge on any atom is -0.368 e. The van der Waals surface area contributed by atoms with Gasteiger partial charge in [-0.15, -0.1) is 0 Å². The second kappa shape index (κ2) is 6.62. The largest absolute Gasteiger partial charge is 0.368 e. The van der Waals surface area contributed by atoms with E-state index in [4.69, 9.17) is 5.73 Å². The van der Waals surface area contributed by atoms with Crippen LogP contribution in [0.5, 0.6) is 0 Å². The zero-order chi connectivity index (χ0) is 12.8. The van der Waals surface area contributed by atoms with E-state index in [2.05, 4.69) is 12.2 Å². The highest BCUT2D eigenvalue weighted by atomic mass is 16.2. The summed E-state index contributed by atoms with van der Waals surface area (Å²) >= 11 is 0. The summed E-state index contributed by atoms with van der Waals surface area (Å²) in [5.74, 6) is 0.520. The third-order valence-corrected chi connectivity index (χ3v) is 3.77. The van der Waals surface area contributed by atoms with Crippen LogP contribution in [0.25, 0.3) is 0 Å². The predicted octanol–water partition coefficient (Wildman–Crippen LogP) is 1.58. The van der Waals surface area contributed by atoms with Crippen molar-refractivity contribution < 1.29 is 9.59 Å². The zero-order valence-corrected chi connectivity index (χ0v) is 10.9. The molecule has 2 amide bonds. The highest BCUT2D eigenvalue weighted by Gasteiger charge is 2.23. The van der Waals surface area contributed by atoms with Crippen molar-refractivity contribution in [2.24, 2.45) is 17.6 Å². The minimum atomic E-state index is -0.568. The molecule has 0 radical (unpaired) electrons. The summed E-state index contributed by atoms with van der Waals surface area (Å²) in [6.45, 7) is 3.75. The van der Waals surface area contributed by atoms with Gasteiger partial charge in [-0.2, -0.15) is 0 Å². The van der Waals surface area contributed by atoms with Crippen molar-refractivity contribution in [1.29, 1.82) is 0 Å². The molecule has 1 aliphatic carbocycles. The molecule has 1 rings (SSSR count). The molecule has 0 bridgehead atoms. The van der Waals surface area contributed by atoms with Crippen molar-refractivity contribution in [2.45, 2.75) is 58.4 Å². The van der Waals surface area contributed by atoms with Gasteiger partial charge in [-0.05, 0) is 18.8 Å². The Bertz CT molecular complexity index is 273. The topological polar surface area (TPSA) is 72.2 Å². The van der Waals surface area contributed by atoms with E-state index in [-0.39, 0.29) is 5.91 Å². The van der Waals surface area contributed by atoms with Crippen LogP contribution < -0.4 is 11.1 Å². The molecule has 1 saturated carbocycles. The molecule has 0 spiro atoms. The second-order valence-electron chi connectivity index (χ2n) is 5.27. The maximum atomic E-state index is 11.7. The van der Waals surface area contributed by atoms with Crippen LogP contribution in [0.3, 0.4) is 0 Å². The van der Waals surface area contributed by atoms with Crippen LogP contribution in [0.4, 0.5) is 0 Å². The number of carbonyl (C=O) groups is 2. The Balaban J connectivity index is 2.31. The van der Waals surface area contributed by atoms with E-state index >= 15 is 0 Å². The number of hydrogen-bond donors (Lipinski definition) is 2. The Kier molecular flexibility index (Phi) is 5.45. The number of hydrogen-bond acceptors (Lipinski definition) is 2. The summed E-state index contributed by atoms with van der Waals surface area (Å²) in [6, 6.07) is -0.568. The Labute approximate surface area is 103 Å². The third-order valence-electron chi connectivity index (χ3n) is 3.77. The average molecular weight is 240 g/mol. The number of nitrogens with one attached hydrogen (secondary N) is 1. The molecule has 0 aromatic carbocycles. The maximum Gasteiger partial charge on any atom is 0.239 e. The van der Waals surface area contributed by atoms with Crippen LogP contribution in [0.1, 0.15) is 52.4 Å². The van der Waals surface area contributed by atoms with E-state index in [1.54, 1.807) is 6.92 Å². The lowest BCUT2D eigenvalue weighted by atomic mass is 9.79. The second-order valence-corrected chi connectivity index (χ2v) is 5.27. The van der Waals surface area contributed by atoms with E-state index in [1.807, 2.05) is 0 Å². The molecule has 4 heteroatoms. The summed E-state index contributed by atoms with van der Waals surface area (Å²) in [7, 11) is 0. The van der Waals surface area contributed by atoms with Crippen molar-refractivity contribution >= 4 is 11.8 Å². The van der Waals surface area contributed by atoms with Gasteiger partial charge < -0.3 is 11.1 Å². The van der Waals surface area contributed by atoms with Crippen molar-refractivity contribution in [3.63, 3.8) is 0 Å². The lowest BCUT2D eigenvalue weighted by Gasteiger charge is -2.27. The zero-order valence-electron chi connectivity index (χ0n) is 10.9. The summed E-state index contributed by atoms with van der Waals surface area (Å²) < 4.78 is 0. The van der Waals surface area contributed by atoms with Gasteiger partial charge in [-0.25, -0.2) is 0 Å². The number of carbonyl (C=O) groups excluding carboxylic acids is 2.